The number of ether oxygens (including phenoxy) is 2. The lowest BCUT2D eigenvalue weighted by atomic mass is 9.94. The Labute approximate surface area is 134 Å². The van der Waals surface area contributed by atoms with Gasteiger partial charge in [0.15, 0.2) is 11.5 Å². The Bertz CT molecular complexity index is 795. The summed E-state index contributed by atoms with van der Waals surface area (Å²) in [5.74, 6) is 1.06. The zero-order chi connectivity index (χ0) is 16.4. The average Bonchev–Trinajstić information content (AvgIpc) is 2.73. The fraction of sp³-hybridized carbons (Fsp3) is 0.222. The van der Waals surface area contributed by atoms with E-state index in [-0.39, 0.29) is 5.82 Å². The zero-order valence-electron chi connectivity index (χ0n) is 13.3. The van der Waals surface area contributed by atoms with E-state index >= 15 is 0 Å². The van der Waals surface area contributed by atoms with Gasteiger partial charge in [0, 0.05) is 28.8 Å². The van der Waals surface area contributed by atoms with Gasteiger partial charge in [0.25, 0.3) is 0 Å². The number of methoxy groups -OCH3 is 2. The average molecular weight is 312 g/mol. The molecule has 5 heteroatoms. The van der Waals surface area contributed by atoms with E-state index in [1.54, 1.807) is 26.4 Å². The van der Waals surface area contributed by atoms with Crippen LogP contribution >= 0.6 is 0 Å². The topological polar surface area (TPSA) is 43.2 Å². The predicted octanol–water partition coefficient (Wildman–Crippen LogP) is 3.61. The van der Waals surface area contributed by atoms with Crippen molar-refractivity contribution in [2.45, 2.75) is 13.3 Å². The second-order valence-electron chi connectivity index (χ2n) is 5.29. The number of halogens is 1. The number of benzene rings is 2. The lowest BCUT2D eigenvalue weighted by Gasteiger charge is -2.16. The third kappa shape index (κ3) is 2.82. The number of rotatable bonds is 3. The molecule has 0 saturated carbocycles. The van der Waals surface area contributed by atoms with Crippen LogP contribution in [0.1, 0.15) is 23.6 Å². The summed E-state index contributed by atoms with van der Waals surface area (Å²) in [5.41, 5.74) is 4.24. The van der Waals surface area contributed by atoms with Crippen molar-refractivity contribution in [3.05, 3.63) is 58.9 Å². The molecule has 0 fully saturated rings. The first kappa shape index (κ1) is 15.2. The summed E-state index contributed by atoms with van der Waals surface area (Å²) in [6.07, 6.45) is 0.615. The molecule has 1 aliphatic rings. The molecule has 0 unspecified atom stereocenters. The lowest BCUT2D eigenvalue weighted by Crippen LogP contribution is -2.09. The van der Waals surface area contributed by atoms with E-state index < -0.39 is 0 Å². The minimum absolute atomic E-state index is 0.282. The molecule has 2 aromatic carbocycles. The Morgan fingerprint density at radius 1 is 0.957 bits per heavy atom. The van der Waals surface area contributed by atoms with Crippen molar-refractivity contribution in [2.24, 2.45) is 10.2 Å². The van der Waals surface area contributed by atoms with E-state index in [2.05, 4.69) is 10.2 Å². The molecular weight excluding hydrogens is 295 g/mol. The molecule has 0 spiro atoms. The highest BCUT2D eigenvalue weighted by Crippen LogP contribution is 2.36. The predicted molar refractivity (Wildman–Crippen MR) is 88.4 cm³/mol. The quantitative estimate of drug-likeness (QED) is 0.869. The minimum Gasteiger partial charge on any atom is -0.493 e. The fourth-order valence-electron chi connectivity index (χ4n) is 2.69. The molecule has 0 amide bonds. The largest absolute Gasteiger partial charge is 0.493 e. The molecule has 0 atom stereocenters. The van der Waals surface area contributed by atoms with Crippen LogP contribution < -0.4 is 9.47 Å². The molecule has 23 heavy (non-hydrogen) atoms. The first-order valence-corrected chi connectivity index (χ1v) is 7.25. The molecule has 0 aliphatic carbocycles. The van der Waals surface area contributed by atoms with Crippen LogP contribution in [0.4, 0.5) is 4.39 Å². The van der Waals surface area contributed by atoms with E-state index in [0.717, 1.165) is 22.4 Å². The molecule has 0 saturated heterocycles. The normalized spacial score (nSPS) is 13.6. The highest BCUT2D eigenvalue weighted by atomic mass is 19.1. The van der Waals surface area contributed by atoms with Crippen LogP contribution in [-0.2, 0) is 6.42 Å². The van der Waals surface area contributed by atoms with E-state index in [1.807, 2.05) is 19.1 Å². The standard InChI is InChI=1S/C18H17FN2O2/c1-11-10-15-14(8-9-16(22-2)18(15)23-3)17(21-20-11)12-4-6-13(19)7-5-12/h4-9H,10H2,1-3H3. The molecular formula is C18H17FN2O2. The summed E-state index contributed by atoms with van der Waals surface area (Å²) >= 11 is 0. The van der Waals surface area contributed by atoms with Gasteiger partial charge in [-0.2, -0.15) is 5.10 Å². The van der Waals surface area contributed by atoms with Crippen molar-refractivity contribution in [1.82, 2.24) is 0 Å². The van der Waals surface area contributed by atoms with Gasteiger partial charge in [-0.25, -0.2) is 4.39 Å². The summed E-state index contributed by atoms with van der Waals surface area (Å²) in [5, 5.41) is 8.63. The van der Waals surface area contributed by atoms with Crippen LogP contribution in [0.3, 0.4) is 0 Å². The highest BCUT2D eigenvalue weighted by molar-refractivity contribution is 6.15. The first-order valence-electron chi connectivity index (χ1n) is 7.25. The van der Waals surface area contributed by atoms with E-state index in [9.17, 15) is 4.39 Å². The molecule has 2 aromatic rings. The molecule has 3 rings (SSSR count). The second-order valence-corrected chi connectivity index (χ2v) is 5.29. The van der Waals surface area contributed by atoms with Gasteiger partial charge in [0.05, 0.1) is 14.2 Å². The molecule has 118 valence electrons. The maximum atomic E-state index is 13.2. The van der Waals surface area contributed by atoms with Gasteiger partial charge < -0.3 is 9.47 Å². The minimum atomic E-state index is -0.282. The van der Waals surface area contributed by atoms with E-state index in [4.69, 9.17) is 9.47 Å². The van der Waals surface area contributed by atoms with Gasteiger partial charge in [-0.1, -0.05) is 0 Å². The second kappa shape index (κ2) is 6.20. The van der Waals surface area contributed by atoms with Crippen molar-refractivity contribution in [3.8, 4) is 11.5 Å². The maximum Gasteiger partial charge on any atom is 0.164 e. The molecule has 0 bridgehead atoms. The summed E-state index contributed by atoms with van der Waals surface area (Å²) in [6.45, 7) is 1.92. The molecule has 0 radical (unpaired) electrons. The van der Waals surface area contributed by atoms with Crippen molar-refractivity contribution < 1.29 is 13.9 Å². The van der Waals surface area contributed by atoms with Crippen LogP contribution in [0.5, 0.6) is 11.5 Å². The highest BCUT2D eigenvalue weighted by Gasteiger charge is 2.22. The molecule has 1 heterocycles. The Morgan fingerprint density at radius 3 is 2.35 bits per heavy atom. The van der Waals surface area contributed by atoms with Crippen LogP contribution in [0, 0.1) is 5.82 Å². The third-order valence-corrected chi connectivity index (χ3v) is 3.77. The van der Waals surface area contributed by atoms with Gasteiger partial charge >= 0.3 is 0 Å². The number of nitrogens with zero attached hydrogens (tertiary/aromatic N) is 2. The van der Waals surface area contributed by atoms with Crippen molar-refractivity contribution in [3.63, 3.8) is 0 Å². The van der Waals surface area contributed by atoms with Gasteiger partial charge in [-0.15, -0.1) is 5.10 Å². The Morgan fingerprint density at radius 2 is 1.70 bits per heavy atom. The third-order valence-electron chi connectivity index (χ3n) is 3.77. The molecule has 4 nitrogen and oxygen atoms in total. The van der Waals surface area contributed by atoms with E-state index in [0.29, 0.717) is 23.6 Å². The first-order chi connectivity index (χ1) is 11.1. The van der Waals surface area contributed by atoms with Crippen LogP contribution in [0.2, 0.25) is 0 Å². The molecule has 0 aromatic heterocycles. The van der Waals surface area contributed by atoms with Gasteiger partial charge in [0.2, 0.25) is 0 Å². The Kier molecular flexibility index (Phi) is 4.10. The summed E-state index contributed by atoms with van der Waals surface area (Å²) in [4.78, 5) is 0. The zero-order valence-corrected chi connectivity index (χ0v) is 13.3. The van der Waals surface area contributed by atoms with Crippen molar-refractivity contribution >= 4 is 11.4 Å². The Balaban J connectivity index is 2.22. The number of fused-ring (bicyclic) bond motifs is 1. The van der Waals surface area contributed by atoms with Crippen LogP contribution in [-0.4, -0.2) is 25.6 Å². The smallest absolute Gasteiger partial charge is 0.164 e. The fourth-order valence-corrected chi connectivity index (χ4v) is 2.69. The molecule has 0 N–H and O–H groups in total. The maximum absolute atomic E-state index is 13.2. The summed E-state index contributed by atoms with van der Waals surface area (Å²) in [7, 11) is 3.22. The summed E-state index contributed by atoms with van der Waals surface area (Å²) < 4.78 is 24.1. The van der Waals surface area contributed by atoms with Crippen LogP contribution in [0.25, 0.3) is 0 Å². The SMILES string of the molecule is COc1ccc2c(c1OC)CC(C)=NN=C2c1ccc(F)cc1. The Hall–Kier alpha value is -2.69. The number of hydrogen-bond donors (Lipinski definition) is 0. The van der Waals surface area contributed by atoms with Gasteiger partial charge in [0.1, 0.15) is 11.5 Å². The summed E-state index contributed by atoms with van der Waals surface area (Å²) in [6, 6.07) is 10.0. The van der Waals surface area contributed by atoms with Gasteiger partial charge in [-0.05, 0) is 43.3 Å². The van der Waals surface area contributed by atoms with Crippen molar-refractivity contribution in [2.75, 3.05) is 14.2 Å². The van der Waals surface area contributed by atoms with Gasteiger partial charge in [-0.3, -0.25) is 0 Å². The van der Waals surface area contributed by atoms with E-state index in [1.165, 1.54) is 12.1 Å². The number of hydrogen-bond acceptors (Lipinski definition) is 4. The monoisotopic (exact) mass is 312 g/mol. The lowest BCUT2D eigenvalue weighted by molar-refractivity contribution is 0.352. The van der Waals surface area contributed by atoms with Crippen LogP contribution in [0.15, 0.2) is 46.6 Å². The van der Waals surface area contributed by atoms with Crippen molar-refractivity contribution in [1.29, 1.82) is 0 Å². The molecule has 1 aliphatic heterocycles.